The van der Waals surface area contributed by atoms with Gasteiger partial charge in [0.1, 0.15) is 11.5 Å². The number of rotatable bonds is 6. The van der Waals surface area contributed by atoms with E-state index in [0.717, 1.165) is 16.9 Å². The van der Waals surface area contributed by atoms with Gasteiger partial charge in [-0.05, 0) is 47.5 Å². The summed E-state index contributed by atoms with van der Waals surface area (Å²) >= 11 is 0. The van der Waals surface area contributed by atoms with Gasteiger partial charge in [-0.15, -0.1) is 0 Å². The van der Waals surface area contributed by atoms with Gasteiger partial charge in [0, 0.05) is 6.07 Å². The van der Waals surface area contributed by atoms with Crippen molar-refractivity contribution in [2.24, 2.45) is 0 Å². The lowest BCUT2D eigenvalue weighted by molar-refractivity contribution is 0.415. The van der Waals surface area contributed by atoms with E-state index in [1.807, 2.05) is 24.3 Å². The van der Waals surface area contributed by atoms with Crippen LogP contribution < -0.4 is 14.2 Å². The van der Waals surface area contributed by atoms with E-state index >= 15 is 0 Å². The first kappa shape index (κ1) is 17.8. The van der Waals surface area contributed by atoms with Gasteiger partial charge < -0.3 is 9.47 Å². The second kappa shape index (κ2) is 7.49. The molecule has 0 saturated heterocycles. The van der Waals surface area contributed by atoms with Gasteiger partial charge in [0.25, 0.3) is 10.0 Å². The molecule has 0 saturated carbocycles. The van der Waals surface area contributed by atoms with Crippen molar-refractivity contribution in [1.29, 1.82) is 0 Å². The van der Waals surface area contributed by atoms with Crippen LogP contribution in [0.3, 0.4) is 0 Å². The summed E-state index contributed by atoms with van der Waals surface area (Å²) in [5.41, 5.74) is 2.35. The summed E-state index contributed by atoms with van der Waals surface area (Å²) in [5.74, 6) is 1.36. The molecule has 0 unspecified atom stereocenters. The first-order valence-corrected chi connectivity index (χ1v) is 9.41. The van der Waals surface area contributed by atoms with Crippen molar-refractivity contribution in [3.63, 3.8) is 0 Å². The third kappa shape index (κ3) is 3.97. The van der Waals surface area contributed by atoms with Crippen molar-refractivity contribution in [2.45, 2.75) is 4.90 Å². The van der Waals surface area contributed by atoms with Crippen LogP contribution in [0.25, 0.3) is 11.1 Å². The fourth-order valence-electron chi connectivity index (χ4n) is 2.51. The van der Waals surface area contributed by atoms with Crippen molar-refractivity contribution < 1.29 is 17.9 Å². The first-order chi connectivity index (χ1) is 12.5. The second-order valence-corrected chi connectivity index (χ2v) is 7.27. The van der Waals surface area contributed by atoms with Crippen molar-refractivity contribution in [2.75, 3.05) is 18.9 Å². The molecule has 0 spiro atoms. The van der Waals surface area contributed by atoms with Gasteiger partial charge in [-0.3, -0.25) is 4.72 Å². The molecular formula is C20H19NO4S. The highest BCUT2D eigenvalue weighted by Crippen LogP contribution is 2.25. The third-order valence-electron chi connectivity index (χ3n) is 3.91. The van der Waals surface area contributed by atoms with Crippen molar-refractivity contribution in [3.05, 3.63) is 72.8 Å². The Morgan fingerprint density at radius 2 is 1.31 bits per heavy atom. The minimum atomic E-state index is -3.67. The van der Waals surface area contributed by atoms with E-state index in [0.29, 0.717) is 11.4 Å². The fraction of sp³-hybridized carbons (Fsp3) is 0.100. The Morgan fingerprint density at radius 3 is 1.88 bits per heavy atom. The van der Waals surface area contributed by atoms with Gasteiger partial charge in [-0.2, -0.15) is 0 Å². The Balaban J connectivity index is 1.81. The van der Waals surface area contributed by atoms with Crippen LogP contribution in [0.5, 0.6) is 11.5 Å². The maximum atomic E-state index is 12.6. The number of sulfonamides is 1. The van der Waals surface area contributed by atoms with Crippen LogP contribution in [0.1, 0.15) is 0 Å². The number of benzene rings is 3. The predicted molar refractivity (Wildman–Crippen MR) is 102 cm³/mol. The smallest absolute Gasteiger partial charge is 0.261 e. The van der Waals surface area contributed by atoms with Crippen LogP contribution >= 0.6 is 0 Å². The minimum absolute atomic E-state index is 0.192. The van der Waals surface area contributed by atoms with Crippen molar-refractivity contribution in [3.8, 4) is 22.6 Å². The van der Waals surface area contributed by atoms with E-state index < -0.39 is 10.0 Å². The normalized spacial score (nSPS) is 11.0. The van der Waals surface area contributed by atoms with Crippen LogP contribution in [-0.2, 0) is 10.0 Å². The Morgan fingerprint density at radius 1 is 0.731 bits per heavy atom. The second-order valence-electron chi connectivity index (χ2n) is 5.59. The molecule has 0 aliphatic heterocycles. The van der Waals surface area contributed by atoms with Gasteiger partial charge in [-0.1, -0.05) is 30.3 Å². The molecular weight excluding hydrogens is 350 g/mol. The molecule has 0 fully saturated rings. The van der Waals surface area contributed by atoms with Crippen LogP contribution in [0.2, 0.25) is 0 Å². The Hall–Kier alpha value is -2.99. The topological polar surface area (TPSA) is 64.6 Å². The molecule has 0 aliphatic carbocycles. The maximum Gasteiger partial charge on any atom is 0.261 e. The number of methoxy groups -OCH3 is 2. The van der Waals surface area contributed by atoms with E-state index in [1.54, 1.807) is 55.6 Å². The average molecular weight is 369 g/mol. The van der Waals surface area contributed by atoms with Crippen LogP contribution in [0, 0.1) is 0 Å². The standard InChI is InChI=1S/C20H19NO4S/c1-24-18-10-6-15(7-11-18)16-8-12-20(13-9-16)26(22,23)21-17-4-3-5-19(14-17)25-2/h3-14,21H,1-2H3. The molecule has 3 rings (SSSR count). The molecule has 3 aromatic rings. The summed E-state index contributed by atoms with van der Waals surface area (Å²) in [4.78, 5) is 0.192. The summed E-state index contributed by atoms with van der Waals surface area (Å²) in [5, 5.41) is 0. The molecule has 0 atom stereocenters. The molecule has 0 bridgehead atoms. The quantitative estimate of drug-likeness (QED) is 0.708. The predicted octanol–water partition coefficient (Wildman–Crippen LogP) is 4.17. The minimum Gasteiger partial charge on any atom is -0.497 e. The van der Waals surface area contributed by atoms with Gasteiger partial charge >= 0.3 is 0 Å². The summed E-state index contributed by atoms with van der Waals surface area (Å²) < 4.78 is 37.9. The van der Waals surface area contributed by atoms with Gasteiger partial charge in [-0.25, -0.2) is 8.42 Å². The summed E-state index contributed by atoms with van der Waals surface area (Å²) in [7, 11) is -0.525. The highest BCUT2D eigenvalue weighted by atomic mass is 32.2. The Bertz CT molecular complexity index is 981. The lowest BCUT2D eigenvalue weighted by Gasteiger charge is -2.10. The highest BCUT2D eigenvalue weighted by molar-refractivity contribution is 7.92. The summed E-state index contributed by atoms with van der Waals surface area (Å²) in [6.45, 7) is 0. The van der Waals surface area contributed by atoms with E-state index in [2.05, 4.69) is 4.72 Å². The van der Waals surface area contributed by atoms with E-state index in [-0.39, 0.29) is 4.90 Å². The Kier molecular flexibility index (Phi) is 5.14. The van der Waals surface area contributed by atoms with Gasteiger partial charge in [0.05, 0.1) is 24.8 Å². The molecule has 26 heavy (non-hydrogen) atoms. The molecule has 0 heterocycles. The summed E-state index contributed by atoms with van der Waals surface area (Å²) in [6, 6.07) is 21.1. The largest absolute Gasteiger partial charge is 0.497 e. The maximum absolute atomic E-state index is 12.6. The lowest BCUT2D eigenvalue weighted by Crippen LogP contribution is -2.12. The molecule has 6 heteroatoms. The van der Waals surface area contributed by atoms with E-state index in [4.69, 9.17) is 9.47 Å². The number of anilines is 1. The number of hydrogen-bond acceptors (Lipinski definition) is 4. The van der Waals surface area contributed by atoms with E-state index in [9.17, 15) is 8.42 Å². The molecule has 1 N–H and O–H groups in total. The average Bonchev–Trinajstić information content (AvgIpc) is 2.68. The van der Waals surface area contributed by atoms with Crippen LogP contribution in [0.4, 0.5) is 5.69 Å². The number of nitrogens with one attached hydrogen (secondary N) is 1. The zero-order valence-corrected chi connectivity index (χ0v) is 15.3. The number of ether oxygens (including phenoxy) is 2. The monoisotopic (exact) mass is 369 g/mol. The van der Waals surface area contributed by atoms with Crippen molar-refractivity contribution in [1.82, 2.24) is 0 Å². The molecule has 0 aliphatic rings. The van der Waals surface area contributed by atoms with Gasteiger partial charge in [0.2, 0.25) is 0 Å². The molecule has 5 nitrogen and oxygen atoms in total. The molecule has 134 valence electrons. The molecule has 0 aromatic heterocycles. The zero-order chi connectivity index (χ0) is 18.6. The first-order valence-electron chi connectivity index (χ1n) is 7.93. The molecule has 0 amide bonds. The molecule has 0 radical (unpaired) electrons. The fourth-order valence-corrected chi connectivity index (χ4v) is 3.56. The highest BCUT2D eigenvalue weighted by Gasteiger charge is 2.14. The zero-order valence-electron chi connectivity index (χ0n) is 14.5. The third-order valence-corrected chi connectivity index (χ3v) is 5.31. The molecule has 3 aromatic carbocycles. The van der Waals surface area contributed by atoms with Gasteiger partial charge in [0.15, 0.2) is 0 Å². The lowest BCUT2D eigenvalue weighted by atomic mass is 10.1. The Labute approximate surface area is 153 Å². The summed E-state index contributed by atoms with van der Waals surface area (Å²) in [6.07, 6.45) is 0. The van der Waals surface area contributed by atoms with Crippen LogP contribution in [-0.4, -0.2) is 22.6 Å². The SMILES string of the molecule is COc1ccc(-c2ccc(S(=O)(=O)Nc3cccc(OC)c3)cc2)cc1. The number of hydrogen-bond donors (Lipinski definition) is 1. The van der Waals surface area contributed by atoms with Crippen molar-refractivity contribution >= 4 is 15.7 Å². The van der Waals surface area contributed by atoms with E-state index in [1.165, 1.54) is 7.11 Å². The van der Waals surface area contributed by atoms with Crippen LogP contribution in [0.15, 0.2) is 77.7 Å².